The Morgan fingerprint density at radius 2 is 2.16 bits per heavy atom. The lowest BCUT2D eigenvalue weighted by molar-refractivity contribution is 0.0943. The highest BCUT2D eigenvalue weighted by molar-refractivity contribution is 6.31. The van der Waals surface area contributed by atoms with Gasteiger partial charge in [0.05, 0.1) is 0 Å². The van der Waals surface area contributed by atoms with Gasteiger partial charge in [0.15, 0.2) is 0 Å². The fourth-order valence-corrected chi connectivity index (χ4v) is 1.63. The standard InChI is InChI=1S/C13H18ClN3O2/c1-8-4-5-9(14)6-10(8)11(18)16-7-13(2,3)12(15)17-19/h4-6,19H,7H2,1-3H3,(H2,15,17)(H,16,18). The second-order valence-corrected chi connectivity index (χ2v) is 5.45. The molecule has 0 heterocycles. The molecule has 0 atom stereocenters. The number of nitrogens with two attached hydrogens (primary N) is 1. The smallest absolute Gasteiger partial charge is 0.251 e. The molecule has 4 N–H and O–H groups in total. The number of amidine groups is 1. The lowest BCUT2D eigenvalue weighted by Crippen LogP contribution is -2.42. The molecule has 0 aliphatic heterocycles. The maximum absolute atomic E-state index is 12.1. The molecule has 0 aromatic heterocycles. The second kappa shape index (κ2) is 5.93. The number of carbonyl (C=O) groups excluding carboxylic acids is 1. The van der Waals surface area contributed by atoms with Gasteiger partial charge in [-0.25, -0.2) is 0 Å². The van der Waals surface area contributed by atoms with Crippen LogP contribution in [-0.4, -0.2) is 23.5 Å². The maximum atomic E-state index is 12.1. The molecule has 0 aliphatic carbocycles. The number of nitrogens with one attached hydrogen (secondary N) is 1. The molecule has 0 radical (unpaired) electrons. The van der Waals surface area contributed by atoms with Crippen molar-refractivity contribution in [3.05, 3.63) is 34.3 Å². The van der Waals surface area contributed by atoms with E-state index < -0.39 is 5.41 Å². The fraction of sp³-hybridized carbons (Fsp3) is 0.385. The van der Waals surface area contributed by atoms with Gasteiger partial charge in [0.2, 0.25) is 0 Å². The number of nitrogens with zero attached hydrogens (tertiary/aromatic N) is 1. The van der Waals surface area contributed by atoms with E-state index in [1.807, 2.05) is 6.92 Å². The number of benzene rings is 1. The van der Waals surface area contributed by atoms with Crippen LogP contribution in [0.3, 0.4) is 0 Å². The zero-order valence-corrected chi connectivity index (χ0v) is 12.0. The van der Waals surface area contributed by atoms with Gasteiger partial charge in [-0.3, -0.25) is 4.79 Å². The van der Waals surface area contributed by atoms with Crippen LogP contribution in [0.2, 0.25) is 5.02 Å². The molecule has 1 rings (SSSR count). The molecule has 6 heteroatoms. The van der Waals surface area contributed by atoms with E-state index in [0.717, 1.165) is 5.56 Å². The van der Waals surface area contributed by atoms with Crippen molar-refractivity contribution in [2.75, 3.05) is 6.54 Å². The van der Waals surface area contributed by atoms with E-state index in [4.69, 9.17) is 22.5 Å². The summed E-state index contributed by atoms with van der Waals surface area (Å²) in [5.74, 6) is -0.172. The Kier molecular flexibility index (Phi) is 4.78. The molecule has 0 fully saturated rings. The number of carbonyl (C=O) groups is 1. The molecule has 0 saturated heterocycles. The normalized spacial score (nSPS) is 12.3. The van der Waals surface area contributed by atoms with Crippen LogP contribution in [0.4, 0.5) is 0 Å². The predicted octanol–water partition coefficient (Wildman–Crippen LogP) is 2.15. The number of hydrogen-bond donors (Lipinski definition) is 3. The zero-order valence-electron chi connectivity index (χ0n) is 11.2. The molecular weight excluding hydrogens is 266 g/mol. The second-order valence-electron chi connectivity index (χ2n) is 5.01. The molecule has 0 spiro atoms. The number of oxime groups is 1. The highest BCUT2D eigenvalue weighted by atomic mass is 35.5. The summed E-state index contributed by atoms with van der Waals surface area (Å²) in [7, 11) is 0. The summed E-state index contributed by atoms with van der Waals surface area (Å²) in [6.45, 7) is 5.63. The van der Waals surface area contributed by atoms with Crippen LogP contribution < -0.4 is 11.1 Å². The molecule has 1 aromatic carbocycles. The largest absolute Gasteiger partial charge is 0.409 e. The van der Waals surface area contributed by atoms with E-state index in [1.54, 1.807) is 32.0 Å². The van der Waals surface area contributed by atoms with E-state index in [-0.39, 0.29) is 18.3 Å². The molecule has 5 nitrogen and oxygen atoms in total. The number of aryl methyl sites for hydroxylation is 1. The van der Waals surface area contributed by atoms with Crippen molar-refractivity contribution in [2.24, 2.45) is 16.3 Å². The molecule has 104 valence electrons. The van der Waals surface area contributed by atoms with Gasteiger partial charge < -0.3 is 16.3 Å². The van der Waals surface area contributed by atoms with Crippen LogP contribution in [0.1, 0.15) is 29.8 Å². The monoisotopic (exact) mass is 283 g/mol. The van der Waals surface area contributed by atoms with Crippen LogP contribution in [0, 0.1) is 12.3 Å². The lowest BCUT2D eigenvalue weighted by atomic mass is 9.92. The van der Waals surface area contributed by atoms with Crippen LogP contribution in [0.5, 0.6) is 0 Å². The molecule has 0 unspecified atom stereocenters. The van der Waals surface area contributed by atoms with Gasteiger partial charge >= 0.3 is 0 Å². The SMILES string of the molecule is Cc1ccc(Cl)cc1C(=O)NCC(C)(C)/C(N)=N/O. The van der Waals surface area contributed by atoms with Crippen molar-refractivity contribution in [2.45, 2.75) is 20.8 Å². The average Bonchev–Trinajstić information content (AvgIpc) is 2.37. The summed E-state index contributed by atoms with van der Waals surface area (Å²) in [5, 5.41) is 14.9. The van der Waals surface area contributed by atoms with Crippen molar-refractivity contribution in [3.8, 4) is 0 Å². The van der Waals surface area contributed by atoms with Crippen molar-refractivity contribution < 1.29 is 10.0 Å². The van der Waals surface area contributed by atoms with Gasteiger partial charge in [0.1, 0.15) is 5.84 Å². The minimum absolute atomic E-state index is 0.0654. The van der Waals surface area contributed by atoms with Gasteiger partial charge in [0, 0.05) is 22.5 Å². The number of hydrogen-bond acceptors (Lipinski definition) is 3. The van der Waals surface area contributed by atoms with E-state index in [9.17, 15) is 4.79 Å². The van der Waals surface area contributed by atoms with Gasteiger partial charge in [-0.15, -0.1) is 0 Å². The first-order valence-electron chi connectivity index (χ1n) is 5.80. The Labute approximate surface area is 117 Å². The molecule has 1 aromatic rings. The predicted molar refractivity (Wildman–Crippen MR) is 75.7 cm³/mol. The highest BCUT2D eigenvalue weighted by Crippen LogP contribution is 2.17. The molecule has 1 amide bonds. The Morgan fingerprint density at radius 3 is 2.74 bits per heavy atom. The third kappa shape index (κ3) is 3.86. The van der Waals surface area contributed by atoms with E-state index in [0.29, 0.717) is 10.6 Å². The van der Waals surface area contributed by atoms with Crippen molar-refractivity contribution in [1.29, 1.82) is 0 Å². The fourth-order valence-electron chi connectivity index (χ4n) is 1.46. The topological polar surface area (TPSA) is 87.7 Å². The number of amides is 1. The third-order valence-electron chi connectivity index (χ3n) is 2.94. The van der Waals surface area contributed by atoms with Crippen LogP contribution in [0.25, 0.3) is 0 Å². The summed E-state index contributed by atoms with van der Waals surface area (Å²) < 4.78 is 0. The van der Waals surface area contributed by atoms with Gasteiger partial charge in [-0.05, 0) is 24.6 Å². The molecule has 0 bridgehead atoms. The summed E-state index contributed by atoms with van der Waals surface area (Å²) >= 11 is 5.87. The first-order chi connectivity index (χ1) is 8.77. The number of rotatable bonds is 4. The van der Waals surface area contributed by atoms with Gasteiger partial charge in [0.25, 0.3) is 5.91 Å². The lowest BCUT2D eigenvalue weighted by Gasteiger charge is -2.23. The summed E-state index contributed by atoms with van der Waals surface area (Å²) in [6, 6.07) is 5.13. The minimum Gasteiger partial charge on any atom is -0.409 e. The Balaban J connectivity index is 2.79. The zero-order chi connectivity index (χ0) is 14.6. The molecule has 0 saturated carbocycles. The van der Waals surface area contributed by atoms with Crippen molar-refractivity contribution >= 4 is 23.3 Å². The summed E-state index contributed by atoms with van der Waals surface area (Å²) in [5.41, 5.74) is 6.28. The Morgan fingerprint density at radius 1 is 1.53 bits per heavy atom. The van der Waals surface area contributed by atoms with E-state index in [1.165, 1.54) is 0 Å². The van der Waals surface area contributed by atoms with E-state index in [2.05, 4.69) is 10.5 Å². The molecule has 19 heavy (non-hydrogen) atoms. The highest BCUT2D eigenvalue weighted by Gasteiger charge is 2.24. The average molecular weight is 284 g/mol. The van der Waals surface area contributed by atoms with Crippen molar-refractivity contribution in [1.82, 2.24) is 5.32 Å². The number of halogens is 1. The summed E-state index contributed by atoms with van der Waals surface area (Å²) in [6.07, 6.45) is 0. The van der Waals surface area contributed by atoms with Crippen molar-refractivity contribution in [3.63, 3.8) is 0 Å². The molecular formula is C13H18ClN3O2. The van der Waals surface area contributed by atoms with Crippen LogP contribution in [-0.2, 0) is 0 Å². The molecule has 0 aliphatic rings. The van der Waals surface area contributed by atoms with E-state index >= 15 is 0 Å². The first-order valence-corrected chi connectivity index (χ1v) is 6.18. The van der Waals surface area contributed by atoms with Crippen LogP contribution in [0.15, 0.2) is 23.4 Å². The minimum atomic E-state index is -0.628. The first kappa shape index (κ1) is 15.3. The van der Waals surface area contributed by atoms with Crippen LogP contribution >= 0.6 is 11.6 Å². The van der Waals surface area contributed by atoms with Gasteiger partial charge in [-0.1, -0.05) is 36.7 Å². The van der Waals surface area contributed by atoms with Gasteiger partial charge in [-0.2, -0.15) is 0 Å². The summed E-state index contributed by atoms with van der Waals surface area (Å²) in [4.78, 5) is 12.1. The quantitative estimate of drug-likeness (QED) is 0.342. The third-order valence-corrected chi connectivity index (χ3v) is 3.17. The Hall–Kier alpha value is -1.75. The maximum Gasteiger partial charge on any atom is 0.251 e. The Bertz CT molecular complexity index is 513.